The van der Waals surface area contributed by atoms with Gasteiger partial charge in [-0.1, -0.05) is 0 Å². The zero-order valence-corrected chi connectivity index (χ0v) is 10.2. The molecule has 1 fully saturated rings. The maximum atomic E-state index is 8.65. The average Bonchev–Trinajstić information content (AvgIpc) is 2.30. The van der Waals surface area contributed by atoms with E-state index in [2.05, 4.69) is 17.9 Å². The minimum atomic E-state index is 0.384. The summed E-state index contributed by atoms with van der Waals surface area (Å²) in [5, 5.41) is 8.65. The molecule has 0 bridgehead atoms. The number of hydrogen-bond acceptors (Lipinski definition) is 4. The Labute approximate surface area is 98.4 Å². The second-order valence-electron chi connectivity index (χ2n) is 4.46. The molecule has 0 radical (unpaired) electrons. The summed E-state index contributed by atoms with van der Waals surface area (Å²) in [6, 6.07) is 2.62. The zero-order chi connectivity index (χ0) is 11.8. The zero-order valence-electron chi connectivity index (χ0n) is 10.2. The van der Waals surface area contributed by atoms with Crippen LogP contribution in [0.2, 0.25) is 0 Å². The molecule has 16 heavy (non-hydrogen) atoms. The summed E-state index contributed by atoms with van der Waals surface area (Å²) in [6.45, 7) is 5.72. The quantitative estimate of drug-likeness (QED) is 0.688. The third-order valence-electron chi connectivity index (χ3n) is 3.19. The van der Waals surface area contributed by atoms with Crippen LogP contribution in [0.15, 0.2) is 0 Å². The lowest BCUT2D eigenvalue weighted by Gasteiger charge is -2.35. The van der Waals surface area contributed by atoms with E-state index in [-0.39, 0.29) is 0 Å². The van der Waals surface area contributed by atoms with Gasteiger partial charge >= 0.3 is 0 Å². The second-order valence-corrected chi connectivity index (χ2v) is 4.46. The summed E-state index contributed by atoms with van der Waals surface area (Å²) >= 11 is 0. The maximum Gasteiger partial charge on any atom is 0.0638 e. The first kappa shape index (κ1) is 13.4. The van der Waals surface area contributed by atoms with Crippen LogP contribution in [0, 0.1) is 11.3 Å². The van der Waals surface area contributed by atoms with Crippen molar-refractivity contribution in [3.05, 3.63) is 0 Å². The summed E-state index contributed by atoms with van der Waals surface area (Å²) in [4.78, 5) is 2.38. The number of nitrogens with zero attached hydrogens (tertiary/aromatic N) is 2. The number of nitrogens with two attached hydrogens (primary N) is 1. The van der Waals surface area contributed by atoms with Crippen molar-refractivity contribution in [1.82, 2.24) is 4.90 Å². The first-order chi connectivity index (χ1) is 7.77. The van der Waals surface area contributed by atoms with E-state index in [0.717, 1.165) is 39.0 Å². The van der Waals surface area contributed by atoms with Gasteiger partial charge in [-0.2, -0.15) is 5.26 Å². The van der Waals surface area contributed by atoms with Gasteiger partial charge in [0.1, 0.15) is 0 Å². The SMILES string of the molecule is CC(CC#N)N1CCC(OCCCN)CC1. The molecule has 1 rings (SSSR count). The maximum absolute atomic E-state index is 8.65. The molecule has 92 valence electrons. The summed E-state index contributed by atoms with van der Waals surface area (Å²) in [7, 11) is 0. The predicted molar refractivity (Wildman–Crippen MR) is 63.9 cm³/mol. The average molecular weight is 225 g/mol. The van der Waals surface area contributed by atoms with Crippen molar-refractivity contribution in [3.8, 4) is 6.07 Å². The molecule has 4 heteroatoms. The molecule has 1 aliphatic rings. The largest absolute Gasteiger partial charge is 0.378 e. The van der Waals surface area contributed by atoms with Crippen LogP contribution < -0.4 is 5.73 Å². The summed E-state index contributed by atoms with van der Waals surface area (Å²) in [5.41, 5.74) is 5.42. The van der Waals surface area contributed by atoms with Crippen LogP contribution in [0.1, 0.15) is 32.6 Å². The number of hydrogen-bond donors (Lipinski definition) is 1. The number of ether oxygens (including phenoxy) is 1. The van der Waals surface area contributed by atoms with Gasteiger partial charge in [-0.3, -0.25) is 4.90 Å². The highest BCUT2D eigenvalue weighted by atomic mass is 16.5. The minimum Gasteiger partial charge on any atom is -0.378 e. The van der Waals surface area contributed by atoms with Crippen molar-refractivity contribution < 1.29 is 4.74 Å². The second kappa shape index (κ2) is 7.61. The Hall–Kier alpha value is -0.630. The third kappa shape index (κ3) is 4.48. The molecule has 0 spiro atoms. The van der Waals surface area contributed by atoms with E-state index >= 15 is 0 Å². The molecule has 1 heterocycles. The van der Waals surface area contributed by atoms with Gasteiger partial charge in [-0.05, 0) is 32.7 Å². The van der Waals surface area contributed by atoms with Gasteiger partial charge in [0.15, 0.2) is 0 Å². The predicted octanol–water partition coefficient (Wildman–Crippen LogP) is 1.12. The molecule has 1 unspecified atom stereocenters. The lowest BCUT2D eigenvalue weighted by molar-refractivity contribution is -0.0000467. The van der Waals surface area contributed by atoms with Crippen LogP contribution in [0.25, 0.3) is 0 Å². The molecule has 0 amide bonds. The smallest absolute Gasteiger partial charge is 0.0638 e. The van der Waals surface area contributed by atoms with Crippen LogP contribution in [0.5, 0.6) is 0 Å². The summed E-state index contributed by atoms with van der Waals surface area (Å²) < 4.78 is 5.74. The summed E-state index contributed by atoms with van der Waals surface area (Å²) in [6.07, 6.45) is 4.14. The summed E-state index contributed by atoms with van der Waals surface area (Å²) in [5.74, 6) is 0. The molecule has 1 atom stereocenters. The van der Waals surface area contributed by atoms with Crippen LogP contribution in [0.3, 0.4) is 0 Å². The number of nitriles is 1. The van der Waals surface area contributed by atoms with Crippen molar-refractivity contribution in [3.63, 3.8) is 0 Å². The lowest BCUT2D eigenvalue weighted by atomic mass is 10.0. The van der Waals surface area contributed by atoms with Gasteiger partial charge < -0.3 is 10.5 Å². The van der Waals surface area contributed by atoms with Crippen molar-refractivity contribution >= 4 is 0 Å². The normalized spacial score (nSPS) is 20.6. The molecule has 0 saturated carbocycles. The molecule has 1 saturated heterocycles. The highest BCUT2D eigenvalue weighted by Gasteiger charge is 2.22. The molecule has 0 aromatic rings. The number of piperidine rings is 1. The van der Waals surface area contributed by atoms with Gasteiger partial charge in [0.25, 0.3) is 0 Å². The molecule has 0 aromatic heterocycles. The van der Waals surface area contributed by atoms with Gasteiger partial charge in [-0.25, -0.2) is 0 Å². The molecule has 2 N–H and O–H groups in total. The Morgan fingerprint density at radius 2 is 2.19 bits per heavy atom. The van der Waals surface area contributed by atoms with Crippen molar-refractivity contribution in [2.45, 2.75) is 44.8 Å². The monoisotopic (exact) mass is 225 g/mol. The Morgan fingerprint density at radius 3 is 2.75 bits per heavy atom. The fraction of sp³-hybridized carbons (Fsp3) is 0.917. The van der Waals surface area contributed by atoms with E-state index in [0.29, 0.717) is 25.1 Å². The van der Waals surface area contributed by atoms with E-state index < -0.39 is 0 Å². The lowest BCUT2D eigenvalue weighted by Crippen LogP contribution is -2.42. The fourth-order valence-corrected chi connectivity index (χ4v) is 2.08. The standard InChI is InChI=1S/C12H23N3O/c1-11(3-7-14)15-8-4-12(5-9-15)16-10-2-6-13/h11-12H,2-6,8-10,13H2,1H3. The van der Waals surface area contributed by atoms with Gasteiger partial charge in [0.2, 0.25) is 0 Å². The first-order valence-electron chi connectivity index (χ1n) is 6.20. The van der Waals surface area contributed by atoms with Crippen LogP contribution in [-0.2, 0) is 4.74 Å². The fourth-order valence-electron chi connectivity index (χ4n) is 2.08. The Balaban J connectivity index is 2.16. The Morgan fingerprint density at radius 1 is 1.50 bits per heavy atom. The van der Waals surface area contributed by atoms with Gasteiger partial charge in [0, 0.05) is 25.7 Å². The van der Waals surface area contributed by atoms with E-state index in [1.165, 1.54) is 0 Å². The van der Waals surface area contributed by atoms with Crippen molar-refractivity contribution in [1.29, 1.82) is 5.26 Å². The van der Waals surface area contributed by atoms with E-state index in [9.17, 15) is 0 Å². The number of rotatable bonds is 6. The molecule has 0 aromatic carbocycles. The van der Waals surface area contributed by atoms with Crippen LogP contribution in [-0.4, -0.2) is 43.3 Å². The van der Waals surface area contributed by atoms with Crippen molar-refractivity contribution in [2.24, 2.45) is 5.73 Å². The van der Waals surface area contributed by atoms with Gasteiger partial charge in [0.05, 0.1) is 18.6 Å². The first-order valence-corrected chi connectivity index (χ1v) is 6.20. The molecular weight excluding hydrogens is 202 g/mol. The Kier molecular flexibility index (Phi) is 6.39. The van der Waals surface area contributed by atoms with Crippen LogP contribution >= 0.6 is 0 Å². The van der Waals surface area contributed by atoms with E-state index in [4.69, 9.17) is 15.7 Å². The van der Waals surface area contributed by atoms with E-state index in [1.54, 1.807) is 0 Å². The molecule has 4 nitrogen and oxygen atoms in total. The topological polar surface area (TPSA) is 62.3 Å². The molecular formula is C12H23N3O. The van der Waals surface area contributed by atoms with Crippen LogP contribution in [0.4, 0.5) is 0 Å². The van der Waals surface area contributed by atoms with E-state index in [1.807, 2.05) is 0 Å². The van der Waals surface area contributed by atoms with Crippen molar-refractivity contribution in [2.75, 3.05) is 26.2 Å². The minimum absolute atomic E-state index is 0.384. The highest BCUT2D eigenvalue weighted by molar-refractivity contribution is 4.83. The highest BCUT2D eigenvalue weighted by Crippen LogP contribution is 2.17. The Bertz CT molecular complexity index is 219. The molecule has 1 aliphatic heterocycles. The number of likely N-dealkylation sites (tertiary alicyclic amines) is 1. The van der Waals surface area contributed by atoms with Gasteiger partial charge in [-0.15, -0.1) is 0 Å². The third-order valence-corrected chi connectivity index (χ3v) is 3.19. The molecule has 0 aliphatic carbocycles.